The summed E-state index contributed by atoms with van der Waals surface area (Å²) in [4.78, 5) is 12.6. The first-order valence-electron chi connectivity index (χ1n) is 7.63. The molecule has 0 aliphatic heterocycles. The van der Waals surface area contributed by atoms with Crippen molar-refractivity contribution in [2.45, 2.75) is 19.9 Å². The van der Waals surface area contributed by atoms with Crippen molar-refractivity contribution in [2.75, 3.05) is 7.11 Å². The molecule has 5 heteroatoms. The van der Waals surface area contributed by atoms with Crippen molar-refractivity contribution in [2.24, 2.45) is 0 Å². The maximum absolute atomic E-state index is 12.6. The Morgan fingerprint density at radius 3 is 2.58 bits per heavy atom. The van der Waals surface area contributed by atoms with Crippen LogP contribution in [0, 0.1) is 6.92 Å². The Bertz CT molecular complexity index is 884. The highest BCUT2D eigenvalue weighted by Crippen LogP contribution is 2.29. The van der Waals surface area contributed by atoms with Gasteiger partial charge in [-0.1, -0.05) is 23.7 Å². The minimum atomic E-state index is -0.245. The molecule has 24 heavy (non-hydrogen) atoms. The molecule has 0 spiro atoms. The van der Waals surface area contributed by atoms with Gasteiger partial charge in [0.15, 0.2) is 5.76 Å². The summed E-state index contributed by atoms with van der Waals surface area (Å²) in [5.41, 5.74) is 2.44. The van der Waals surface area contributed by atoms with E-state index in [1.54, 1.807) is 25.3 Å². The van der Waals surface area contributed by atoms with Crippen LogP contribution in [-0.2, 0) is 0 Å². The number of hydrogen-bond acceptors (Lipinski definition) is 3. The van der Waals surface area contributed by atoms with Gasteiger partial charge in [0.25, 0.3) is 5.91 Å². The number of carbonyl (C=O) groups is 1. The van der Waals surface area contributed by atoms with Crippen molar-refractivity contribution in [1.82, 2.24) is 5.32 Å². The Morgan fingerprint density at radius 2 is 1.92 bits per heavy atom. The van der Waals surface area contributed by atoms with E-state index in [-0.39, 0.29) is 11.9 Å². The Balaban J connectivity index is 1.85. The molecule has 0 fully saturated rings. The first-order valence-corrected chi connectivity index (χ1v) is 8.01. The van der Waals surface area contributed by atoms with Crippen molar-refractivity contribution >= 4 is 28.5 Å². The highest BCUT2D eigenvalue weighted by Gasteiger charge is 2.20. The SMILES string of the molecule is COc1ccc2oc(C(=O)NC(C)c3ccc(Cl)cc3)c(C)c2c1. The van der Waals surface area contributed by atoms with Gasteiger partial charge >= 0.3 is 0 Å². The number of rotatable bonds is 4. The van der Waals surface area contributed by atoms with Gasteiger partial charge in [-0.2, -0.15) is 0 Å². The number of carbonyl (C=O) groups excluding carboxylic acids is 1. The molecule has 3 rings (SSSR count). The molecule has 1 unspecified atom stereocenters. The third-order valence-corrected chi connectivity index (χ3v) is 4.32. The molecule has 1 aromatic heterocycles. The number of aryl methyl sites for hydroxylation is 1. The molecule has 0 aliphatic carbocycles. The topological polar surface area (TPSA) is 51.5 Å². The normalized spacial score (nSPS) is 12.2. The van der Waals surface area contributed by atoms with Crippen LogP contribution in [0.3, 0.4) is 0 Å². The monoisotopic (exact) mass is 343 g/mol. The van der Waals surface area contributed by atoms with Crippen LogP contribution in [0.2, 0.25) is 5.02 Å². The number of benzene rings is 2. The van der Waals surface area contributed by atoms with E-state index in [0.717, 1.165) is 22.3 Å². The number of amides is 1. The minimum absolute atomic E-state index is 0.156. The number of nitrogens with one attached hydrogen (secondary N) is 1. The number of ether oxygens (including phenoxy) is 1. The summed E-state index contributed by atoms with van der Waals surface area (Å²) < 4.78 is 11.0. The molecule has 124 valence electrons. The Hall–Kier alpha value is -2.46. The van der Waals surface area contributed by atoms with Gasteiger partial charge in [-0.05, 0) is 49.7 Å². The maximum Gasteiger partial charge on any atom is 0.287 e. The van der Waals surface area contributed by atoms with Gasteiger partial charge < -0.3 is 14.5 Å². The van der Waals surface area contributed by atoms with E-state index < -0.39 is 0 Å². The molecule has 1 heterocycles. The highest BCUT2D eigenvalue weighted by molar-refractivity contribution is 6.30. The molecule has 1 N–H and O–H groups in total. The second-order valence-electron chi connectivity index (χ2n) is 5.66. The molecule has 1 amide bonds. The van der Waals surface area contributed by atoms with Crippen LogP contribution in [-0.4, -0.2) is 13.0 Å². The third-order valence-electron chi connectivity index (χ3n) is 4.07. The largest absolute Gasteiger partial charge is 0.497 e. The van der Waals surface area contributed by atoms with Crippen LogP contribution in [0.5, 0.6) is 5.75 Å². The first kappa shape index (κ1) is 16.4. The van der Waals surface area contributed by atoms with E-state index in [2.05, 4.69) is 5.32 Å². The summed E-state index contributed by atoms with van der Waals surface area (Å²) in [6, 6.07) is 12.7. The molecule has 0 saturated carbocycles. The number of methoxy groups -OCH3 is 1. The Labute approximate surface area is 145 Å². The summed E-state index contributed by atoms with van der Waals surface area (Å²) in [6.45, 7) is 3.79. The lowest BCUT2D eigenvalue weighted by Gasteiger charge is -2.13. The van der Waals surface area contributed by atoms with Gasteiger partial charge in [0.1, 0.15) is 11.3 Å². The summed E-state index contributed by atoms with van der Waals surface area (Å²) in [6.07, 6.45) is 0. The van der Waals surface area contributed by atoms with Crippen LogP contribution in [0.1, 0.15) is 34.6 Å². The van der Waals surface area contributed by atoms with Crippen LogP contribution in [0.25, 0.3) is 11.0 Å². The molecule has 0 bridgehead atoms. The van der Waals surface area contributed by atoms with Crippen molar-refractivity contribution in [3.05, 3.63) is 64.4 Å². The minimum Gasteiger partial charge on any atom is -0.497 e. The molecule has 0 aliphatic rings. The zero-order valence-electron chi connectivity index (χ0n) is 13.7. The lowest BCUT2D eigenvalue weighted by atomic mass is 10.1. The van der Waals surface area contributed by atoms with E-state index in [4.69, 9.17) is 20.8 Å². The van der Waals surface area contributed by atoms with Gasteiger partial charge in [0.2, 0.25) is 0 Å². The van der Waals surface area contributed by atoms with Crippen LogP contribution >= 0.6 is 11.6 Å². The predicted octanol–water partition coefficient (Wildman–Crippen LogP) is 4.89. The molecule has 0 radical (unpaired) electrons. The number of fused-ring (bicyclic) bond motifs is 1. The standard InChI is InChI=1S/C19H18ClNO3/c1-11-16-10-15(23-3)8-9-17(16)24-18(11)19(22)21-12(2)13-4-6-14(20)7-5-13/h4-10,12H,1-3H3,(H,21,22). The van der Waals surface area contributed by atoms with Crippen LogP contribution in [0.4, 0.5) is 0 Å². The van der Waals surface area contributed by atoms with Gasteiger partial charge in [-0.25, -0.2) is 0 Å². The second-order valence-corrected chi connectivity index (χ2v) is 6.10. The first-order chi connectivity index (χ1) is 11.5. The van der Waals surface area contributed by atoms with E-state index in [0.29, 0.717) is 16.4 Å². The summed E-state index contributed by atoms with van der Waals surface area (Å²) in [5, 5.41) is 4.50. The molecule has 4 nitrogen and oxygen atoms in total. The smallest absolute Gasteiger partial charge is 0.287 e. The zero-order chi connectivity index (χ0) is 17.3. The molecule has 3 aromatic rings. The second kappa shape index (κ2) is 6.57. The molecule has 2 aromatic carbocycles. The number of hydrogen-bond donors (Lipinski definition) is 1. The van der Waals surface area contributed by atoms with Crippen molar-refractivity contribution in [3.8, 4) is 5.75 Å². The molecule has 0 saturated heterocycles. The third kappa shape index (κ3) is 3.10. The van der Waals surface area contributed by atoms with Crippen LogP contribution < -0.4 is 10.1 Å². The van der Waals surface area contributed by atoms with Gasteiger partial charge in [-0.3, -0.25) is 4.79 Å². The van der Waals surface area contributed by atoms with Gasteiger partial charge in [0, 0.05) is 16.0 Å². The van der Waals surface area contributed by atoms with E-state index >= 15 is 0 Å². The molecular weight excluding hydrogens is 326 g/mol. The predicted molar refractivity (Wildman–Crippen MR) is 94.8 cm³/mol. The average molecular weight is 344 g/mol. The number of furan rings is 1. The van der Waals surface area contributed by atoms with E-state index in [9.17, 15) is 4.79 Å². The maximum atomic E-state index is 12.6. The summed E-state index contributed by atoms with van der Waals surface area (Å²) in [5.74, 6) is 0.803. The molecule has 1 atom stereocenters. The van der Waals surface area contributed by atoms with Gasteiger partial charge in [-0.15, -0.1) is 0 Å². The van der Waals surface area contributed by atoms with Crippen molar-refractivity contribution in [1.29, 1.82) is 0 Å². The fraction of sp³-hybridized carbons (Fsp3) is 0.211. The summed E-state index contributed by atoms with van der Waals surface area (Å²) >= 11 is 5.90. The molecular formula is C19H18ClNO3. The van der Waals surface area contributed by atoms with E-state index in [1.807, 2.05) is 38.1 Å². The number of halogens is 1. The average Bonchev–Trinajstić information content (AvgIpc) is 2.91. The van der Waals surface area contributed by atoms with Crippen molar-refractivity contribution < 1.29 is 13.9 Å². The van der Waals surface area contributed by atoms with E-state index in [1.165, 1.54) is 0 Å². The Morgan fingerprint density at radius 1 is 1.21 bits per heavy atom. The van der Waals surface area contributed by atoms with Crippen LogP contribution in [0.15, 0.2) is 46.9 Å². The zero-order valence-corrected chi connectivity index (χ0v) is 14.5. The fourth-order valence-electron chi connectivity index (χ4n) is 2.64. The quantitative estimate of drug-likeness (QED) is 0.733. The van der Waals surface area contributed by atoms with Crippen molar-refractivity contribution in [3.63, 3.8) is 0 Å². The van der Waals surface area contributed by atoms with Gasteiger partial charge in [0.05, 0.1) is 13.2 Å². The lowest BCUT2D eigenvalue weighted by molar-refractivity contribution is 0.0913. The Kier molecular flexibility index (Phi) is 4.49. The lowest BCUT2D eigenvalue weighted by Crippen LogP contribution is -2.26. The fourth-order valence-corrected chi connectivity index (χ4v) is 2.77. The summed E-state index contributed by atoms with van der Waals surface area (Å²) in [7, 11) is 1.61. The highest BCUT2D eigenvalue weighted by atomic mass is 35.5.